The Bertz CT molecular complexity index is 1970. The van der Waals surface area contributed by atoms with Crippen molar-refractivity contribution < 1.29 is 24.2 Å². The molecular formula is C41H47N7O5S. The molecule has 6 rings (SSSR count). The first-order valence-corrected chi connectivity index (χ1v) is 19.3. The number of hydrogen-bond donors (Lipinski definition) is 4. The van der Waals surface area contributed by atoms with Crippen molar-refractivity contribution in [3.8, 4) is 11.1 Å². The highest BCUT2D eigenvalue weighted by Gasteiger charge is 2.32. The monoisotopic (exact) mass is 749 g/mol. The van der Waals surface area contributed by atoms with Crippen molar-refractivity contribution >= 4 is 35.0 Å². The van der Waals surface area contributed by atoms with Crippen LogP contribution < -0.4 is 16.4 Å². The van der Waals surface area contributed by atoms with Gasteiger partial charge in [0.2, 0.25) is 17.0 Å². The molecule has 1 fully saturated rings. The molecule has 1 aliphatic heterocycles. The predicted molar refractivity (Wildman–Crippen MR) is 209 cm³/mol. The van der Waals surface area contributed by atoms with Gasteiger partial charge in [0.1, 0.15) is 0 Å². The minimum absolute atomic E-state index is 0.00930. The van der Waals surface area contributed by atoms with E-state index in [4.69, 9.17) is 15.2 Å². The van der Waals surface area contributed by atoms with E-state index in [0.29, 0.717) is 42.9 Å². The minimum atomic E-state index is -0.570. The number of rotatable bonds is 17. The average molecular weight is 750 g/mol. The van der Waals surface area contributed by atoms with Crippen molar-refractivity contribution in [3.05, 3.63) is 119 Å². The van der Waals surface area contributed by atoms with Crippen LogP contribution in [0.1, 0.15) is 79.6 Å². The molecule has 2 amide bonds. The zero-order valence-electron chi connectivity index (χ0n) is 30.4. The molecule has 0 radical (unpaired) electrons. The Hall–Kier alpha value is -5.08. The summed E-state index contributed by atoms with van der Waals surface area (Å²) in [5, 5.41) is 27.9. The molecule has 54 heavy (non-hydrogen) atoms. The normalized spacial score (nSPS) is 16.9. The number of nitrogens with two attached hydrogens (primary N) is 1. The van der Waals surface area contributed by atoms with Crippen molar-refractivity contribution in [2.75, 3.05) is 16.8 Å². The molecule has 13 heteroatoms. The highest BCUT2D eigenvalue weighted by Crippen LogP contribution is 2.39. The number of aryl methyl sites for hydroxylation is 1. The summed E-state index contributed by atoms with van der Waals surface area (Å²) in [4.78, 5) is 24.8. The molecule has 282 valence electrons. The van der Waals surface area contributed by atoms with Gasteiger partial charge in [0.15, 0.2) is 6.29 Å². The summed E-state index contributed by atoms with van der Waals surface area (Å²) in [6.07, 6.45) is 3.97. The van der Waals surface area contributed by atoms with Gasteiger partial charge in [0.05, 0.1) is 30.2 Å². The van der Waals surface area contributed by atoms with Gasteiger partial charge in [-0.3, -0.25) is 9.59 Å². The number of tetrazole rings is 1. The van der Waals surface area contributed by atoms with Crippen LogP contribution in [0.5, 0.6) is 0 Å². The third-order valence-corrected chi connectivity index (χ3v) is 10.5. The quantitative estimate of drug-likeness (QED) is 0.0447. The molecule has 1 aromatic heterocycles. The first kappa shape index (κ1) is 38.6. The SMILES string of the molecule is Cn1nnnc1SCC1CC(c2ccc(CO)cc2)OC(c2ccc(-c3cccc(CNC(=O)CCCCCCC(=O)Nc4ccccc4N)c3)cc2)O1. The van der Waals surface area contributed by atoms with Crippen LogP contribution in [0.25, 0.3) is 11.1 Å². The molecule has 0 aliphatic carbocycles. The third kappa shape index (κ3) is 11.0. The fourth-order valence-corrected chi connectivity index (χ4v) is 7.13. The number of aliphatic hydroxyl groups is 1. The van der Waals surface area contributed by atoms with Gasteiger partial charge in [-0.15, -0.1) is 5.10 Å². The zero-order valence-corrected chi connectivity index (χ0v) is 31.2. The number of carbonyl (C=O) groups is 2. The molecule has 4 aromatic carbocycles. The van der Waals surface area contributed by atoms with Gasteiger partial charge in [-0.25, -0.2) is 4.68 Å². The summed E-state index contributed by atoms with van der Waals surface area (Å²) in [5.74, 6) is 0.624. The molecule has 1 saturated heterocycles. The van der Waals surface area contributed by atoms with Crippen LogP contribution in [0.4, 0.5) is 11.4 Å². The number of amides is 2. The summed E-state index contributed by atoms with van der Waals surface area (Å²) in [6.45, 7) is 0.437. The van der Waals surface area contributed by atoms with Crippen molar-refractivity contribution in [3.63, 3.8) is 0 Å². The first-order chi connectivity index (χ1) is 26.3. The lowest BCUT2D eigenvalue weighted by molar-refractivity contribution is -0.245. The highest BCUT2D eigenvalue weighted by atomic mass is 32.2. The number of anilines is 2. The number of para-hydroxylation sites is 2. The van der Waals surface area contributed by atoms with E-state index in [2.05, 4.69) is 50.4 Å². The molecule has 1 aliphatic rings. The Morgan fingerprint density at radius 2 is 1.59 bits per heavy atom. The number of hydrogen-bond acceptors (Lipinski definition) is 10. The topological polar surface area (TPSA) is 167 Å². The molecule has 3 unspecified atom stereocenters. The van der Waals surface area contributed by atoms with Gasteiger partial charge in [0.25, 0.3) is 0 Å². The number of benzene rings is 4. The largest absolute Gasteiger partial charge is 0.397 e. The minimum Gasteiger partial charge on any atom is -0.397 e. The Balaban J connectivity index is 0.976. The number of aliphatic hydroxyl groups excluding tert-OH is 1. The summed E-state index contributed by atoms with van der Waals surface area (Å²) in [5.41, 5.74) is 13.0. The van der Waals surface area contributed by atoms with E-state index in [9.17, 15) is 14.7 Å². The number of nitrogens with one attached hydrogen (secondary N) is 2. The van der Waals surface area contributed by atoms with Crippen molar-refractivity contribution in [1.82, 2.24) is 25.5 Å². The number of nitrogen functional groups attached to an aromatic ring is 1. The summed E-state index contributed by atoms with van der Waals surface area (Å²) in [6, 6.07) is 31.4. The number of ether oxygens (including phenoxy) is 2. The Labute approximate surface area is 319 Å². The lowest BCUT2D eigenvalue weighted by atomic mass is 9.99. The molecule has 5 N–H and O–H groups in total. The smallest absolute Gasteiger partial charge is 0.224 e. The van der Waals surface area contributed by atoms with E-state index < -0.39 is 6.29 Å². The third-order valence-electron chi connectivity index (χ3n) is 9.32. The number of carbonyl (C=O) groups excluding carboxylic acids is 2. The van der Waals surface area contributed by atoms with E-state index in [0.717, 1.165) is 64.2 Å². The van der Waals surface area contributed by atoms with Crippen LogP contribution in [0.3, 0.4) is 0 Å². The zero-order chi connectivity index (χ0) is 37.7. The average Bonchev–Trinajstić information content (AvgIpc) is 3.62. The van der Waals surface area contributed by atoms with E-state index in [1.54, 1.807) is 28.6 Å². The highest BCUT2D eigenvalue weighted by molar-refractivity contribution is 7.99. The second-order valence-corrected chi connectivity index (χ2v) is 14.4. The van der Waals surface area contributed by atoms with Crippen LogP contribution in [0.15, 0.2) is 102 Å². The summed E-state index contributed by atoms with van der Waals surface area (Å²) >= 11 is 1.55. The molecule has 0 saturated carbocycles. The van der Waals surface area contributed by atoms with Crippen LogP contribution in [-0.4, -0.2) is 49.0 Å². The molecule has 5 aromatic rings. The standard InChI is InChI=1S/C41H47N7O5S/c1-48-41(45-46-47-48)54-27-34-24-37(31-17-15-28(26-49)16-18-31)53-40(52-34)32-21-19-30(20-22-32)33-10-8-9-29(23-33)25-43-38(50)13-4-2-3-5-14-39(51)44-36-12-7-6-11-35(36)42/h6-12,15-23,34,37,40,49H,2-5,13-14,24-27,42H2,1H3,(H,43,50)(H,44,51). The number of aromatic nitrogens is 4. The van der Waals surface area contributed by atoms with E-state index in [1.807, 2.05) is 67.7 Å². The number of thioether (sulfide) groups is 1. The molecule has 0 bridgehead atoms. The molecule has 0 spiro atoms. The van der Waals surface area contributed by atoms with Crippen LogP contribution in [0.2, 0.25) is 0 Å². The summed E-state index contributed by atoms with van der Waals surface area (Å²) < 4.78 is 14.7. The lowest BCUT2D eigenvalue weighted by Gasteiger charge is -2.36. The Kier molecular flexibility index (Phi) is 13.8. The van der Waals surface area contributed by atoms with Gasteiger partial charge in [-0.1, -0.05) is 103 Å². The molecule has 2 heterocycles. The first-order valence-electron chi connectivity index (χ1n) is 18.3. The van der Waals surface area contributed by atoms with E-state index in [-0.39, 0.29) is 30.6 Å². The van der Waals surface area contributed by atoms with Gasteiger partial charge in [0, 0.05) is 44.2 Å². The Morgan fingerprint density at radius 1 is 0.852 bits per heavy atom. The lowest BCUT2D eigenvalue weighted by Crippen LogP contribution is -2.31. The van der Waals surface area contributed by atoms with E-state index >= 15 is 0 Å². The maximum Gasteiger partial charge on any atom is 0.224 e. The fourth-order valence-electron chi connectivity index (χ4n) is 6.26. The van der Waals surface area contributed by atoms with Gasteiger partial charge >= 0.3 is 0 Å². The van der Waals surface area contributed by atoms with Crippen molar-refractivity contribution in [2.24, 2.45) is 7.05 Å². The van der Waals surface area contributed by atoms with Crippen LogP contribution in [-0.2, 0) is 39.3 Å². The molecule has 3 atom stereocenters. The van der Waals surface area contributed by atoms with Crippen molar-refractivity contribution in [1.29, 1.82) is 0 Å². The molecule has 12 nitrogen and oxygen atoms in total. The van der Waals surface area contributed by atoms with Gasteiger partial charge < -0.3 is 30.9 Å². The number of unbranched alkanes of at least 4 members (excludes halogenated alkanes) is 3. The maximum atomic E-state index is 12.6. The van der Waals surface area contributed by atoms with Gasteiger partial charge in [-0.05, 0) is 69.3 Å². The van der Waals surface area contributed by atoms with Crippen molar-refractivity contribution in [2.45, 2.75) is 81.8 Å². The second kappa shape index (κ2) is 19.3. The summed E-state index contributed by atoms with van der Waals surface area (Å²) in [7, 11) is 1.82. The Morgan fingerprint density at radius 3 is 2.31 bits per heavy atom. The fraction of sp³-hybridized carbons (Fsp3) is 0.341. The maximum absolute atomic E-state index is 12.6. The molecular weight excluding hydrogens is 703 g/mol. The number of nitrogens with zero attached hydrogens (tertiary/aromatic N) is 4. The van der Waals surface area contributed by atoms with E-state index in [1.165, 1.54) is 0 Å². The van der Waals surface area contributed by atoms with Crippen LogP contribution >= 0.6 is 11.8 Å². The second-order valence-electron chi connectivity index (χ2n) is 13.4. The predicted octanol–water partition coefficient (Wildman–Crippen LogP) is 6.88. The van der Waals surface area contributed by atoms with Crippen LogP contribution in [0, 0.1) is 0 Å². The van der Waals surface area contributed by atoms with Gasteiger partial charge in [-0.2, -0.15) is 0 Å².